The number of benzene rings is 1. The quantitative estimate of drug-likeness (QED) is 0.609. The molecule has 5 heteroatoms. The van der Waals surface area contributed by atoms with Crippen LogP contribution in [0.4, 0.5) is 0 Å². The van der Waals surface area contributed by atoms with E-state index in [9.17, 15) is 4.79 Å². The van der Waals surface area contributed by atoms with Crippen molar-refractivity contribution >= 4 is 39.1 Å². The van der Waals surface area contributed by atoms with Crippen molar-refractivity contribution in [2.24, 2.45) is 4.99 Å². The summed E-state index contributed by atoms with van der Waals surface area (Å²) in [6.45, 7) is 6.12. The average Bonchev–Trinajstić information content (AvgIpc) is 2.77. The molecule has 3 nitrogen and oxygen atoms in total. The Balaban J connectivity index is 2.17. The van der Waals surface area contributed by atoms with Gasteiger partial charge in [0.05, 0.1) is 0 Å². The number of carbonyl (C=O) groups excluding carboxylic acids is 1. The third-order valence-corrected chi connectivity index (χ3v) is 4.29. The number of aliphatic imine (C=N–C) groups is 1. The summed E-state index contributed by atoms with van der Waals surface area (Å²) in [5, 5.41) is -0.00152. The summed E-state index contributed by atoms with van der Waals surface area (Å²) in [5.74, 6) is 1.67. The van der Waals surface area contributed by atoms with Gasteiger partial charge in [-0.1, -0.05) is 43.5 Å². The van der Waals surface area contributed by atoms with E-state index in [4.69, 9.17) is 4.74 Å². The van der Waals surface area contributed by atoms with Crippen molar-refractivity contribution in [2.75, 3.05) is 12.4 Å². The van der Waals surface area contributed by atoms with Gasteiger partial charge in [0.1, 0.15) is 22.4 Å². The second kappa shape index (κ2) is 7.36. The second-order valence-electron chi connectivity index (χ2n) is 3.90. The molecule has 0 radical (unpaired) electrons. The van der Waals surface area contributed by atoms with Crippen LogP contribution in [-0.4, -0.2) is 21.9 Å². The predicted octanol–water partition coefficient (Wildman–Crippen LogP) is 3.97. The average molecular weight is 305 g/mol. The molecule has 104 valence electrons. The Kier molecular flexibility index (Phi) is 5.49. The maximum Gasteiger partial charge on any atom is 0.244 e. The van der Waals surface area contributed by atoms with E-state index in [1.54, 1.807) is 23.9 Å². The van der Waals surface area contributed by atoms with Crippen molar-refractivity contribution in [3.05, 3.63) is 48.2 Å². The van der Waals surface area contributed by atoms with Crippen LogP contribution in [0.2, 0.25) is 0 Å². The molecule has 0 aliphatic carbocycles. The van der Waals surface area contributed by atoms with Crippen molar-refractivity contribution in [3.8, 4) is 5.75 Å². The first kappa shape index (κ1) is 14.9. The lowest BCUT2D eigenvalue weighted by Crippen LogP contribution is -1.93. The van der Waals surface area contributed by atoms with Crippen LogP contribution in [0.3, 0.4) is 0 Å². The monoisotopic (exact) mass is 305 g/mol. The molecule has 0 bridgehead atoms. The first-order valence-electron chi connectivity index (χ1n) is 6.22. The molecule has 1 aromatic carbocycles. The number of nitrogens with zero attached hydrogens (tertiary/aromatic N) is 1. The van der Waals surface area contributed by atoms with Crippen LogP contribution in [0.1, 0.15) is 12.5 Å². The molecule has 1 aliphatic heterocycles. The van der Waals surface area contributed by atoms with Gasteiger partial charge in [0.2, 0.25) is 5.12 Å². The van der Waals surface area contributed by atoms with Gasteiger partial charge in [-0.05, 0) is 41.3 Å². The van der Waals surface area contributed by atoms with Gasteiger partial charge in [-0.2, -0.15) is 0 Å². The Hall–Kier alpha value is -1.46. The SMILES string of the molecule is C=CCOc1cccc(C=C2N=C(SCC)SC2=O)c1. The minimum absolute atomic E-state index is 0.00152. The van der Waals surface area contributed by atoms with E-state index in [2.05, 4.69) is 11.6 Å². The number of thioether (sulfide) groups is 2. The fraction of sp³-hybridized carbons (Fsp3) is 0.200. The van der Waals surface area contributed by atoms with Crippen LogP contribution in [0, 0.1) is 0 Å². The molecule has 0 fully saturated rings. The van der Waals surface area contributed by atoms with Crippen molar-refractivity contribution in [2.45, 2.75) is 6.92 Å². The minimum Gasteiger partial charge on any atom is -0.490 e. The molecule has 1 aliphatic rings. The topological polar surface area (TPSA) is 38.7 Å². The highest BCUT2D eigenvalue weighted by Gasteiger charge is 2.21. The number of ether oxygens (including phenoxy) is 1. The van der Waals surface area contributed by atoms with Gasteiger partial charge < -0.3 is 4.74 Å². The third-order valence-electron chi connectivity index (χ3n) is 2.40. The highest BCUT2D eigenvalue weighted by atomic mass is 32.2. The molecule has 2 rings (SSSR count). The lowest BCUT2D eigenvalue weighted by Gasteiger charge is -2.03. The fourth-order valence-corrected chi connectivity index (χ4v) is 3.32. The van der Waals surface area contributed by atoms with Crippen molar-refractivity contribution in [1.29, 1.82) is 0 Å². The van der Waals surface area contributed by atoms with Gasteiger partial charge in [-0.3, -0.25) is 4.79 Å². The van der Waals surface area contributed by atoms with Gasteiger partial charge in [-0.25, -0.2) is 4.99 Å². The van der Waals surface area contributed by atoms with E-state index in [1.807, 2.05) is 31.2 Å². The van der Waals surface area contributed by atoms with Crippen molar-refractivity contribution in [3.63, 3.8) is 0 Å². The van der Waals surface area contributed by atoms with E-state index in [0.717, 1.165) is 21.4 Å². The number of rotatable bonds is 5. The van der Waals surface area contributed by atoms with E-state index in [1.165, 1.54) is 11.8 Å². The lowest BCUT2D eigenvalue weighted by atomic mass is 10.2. The summed E-state index contributed by atoms with van der Waals surface area (Å²) in [5.41, 5.74) is 1.40. The zero-order chi connectivity index (χ0) is 14.4. The van der Waals surface area contributed by atoms with E-state index < -0.39 is 0 Å². The van der Waals surface area contributed by atoms with Crippen molar-refractivity contribution in [1.82, 2.24) is 0 Å². The zero-order valence-corrected chi connectivity index (χ0v) is 12.8. The molecule has 0 saturated carbocycles. The molecular weight excluding hydrogens is 290 g/mol. The van der Waals surface area contributed by atoms with Crippen LogP contribution in [0.5, 0.6) is 5.75 Å². The summed E-state index contributed by atoms with van der Waals surface area (Å²) >= 11 is 2.78. The van der Waals surface area contributed by atoms with E-state index in [0.29, 0.717) is 12.3 Å². The maximum absolute atomic E-state index is 11.8. The largest absolute Gasteiger partial charge is 0.490 e. The first-order chi connectivity index (χ1) is 9.72. The van der Waals surface area contributed by atoms with Crippen LogP contribution in [-0.2, 0) is 4.79 Å². The summed E-state index contributed by atoms with van der Waals surface area (Å²) in [4.78, 5) is 16.2. The number of carbonyl (C=O) groups is 1. The lowest BCUT2D eigenvalue weighted by molar-refractivity contribution is -0.107. The van der Waals surface area contributed by atoms with Gasteiger partial charge in [0, 0.05) is 0 Å². The van der Waals surface area contributed by atoms with E-state index in [-0.39, 0.29) is 5.12 Å². The Morgan fingerprint density at radius 1 is 1.50 bits per heavy atom. The predicted molar refractivity (Wildman–Crippen MR) is 88.3 cm³/mol. The number of hydrogen-bond acceptors (Lipinski definition) is 5. The highest BCUT2D eigenvalue weighted by molar-refractivity contribution is 8.45. The molecule has 0 aromatic heterocycles. The molecule has 0 N–H and O–H groups in total. The van der Waals surface area contributed by atoms with Crippen molar-refractivity contribution < 1.29 is 9.53 Å². The Labute approximate surface area is 127 Å². The van der Waals surface area contributed by atoms with Crippen LogP contribution < -0.4 is 4.74 Å². The molecule has 1 aromatic rings. The second-order valence-corrected chi connectivity index (χ2v) is 6.37. The molecule has 0 unspecified atom stereocenters. The summed E-state index contributed by atoms with van der Waals surface area (Å²) < 4.78 is 6.29. The fourth-order valence-electron chi connectivity index (χ4n) is 1.58. The number of hydrogen-bond donors (Lipinski definition) is 0. The van der Waals surface area contributed by atoms with Gasteiger partial charge in [-0.15, -0.1) is 0 Å². The molecular formula is C15H15NO2S2. The molecule has 0 saturated heterocycles. The minimum atomic E-state index is -0.00152. The zero-order valence-electron chi connectivity index (χ0n) is 11.2. The molecule has 0 atom stereocenters. The van der Waals surface area contributed by atoms with Gasteiger partial charge >= 0.3 is 0 Å². The van der Waals surface area contributed by atoms with E-state index >= 15 is 0 Å². The van der Waals surface area contributed by atoms with Crippen LogP contribution in [0.15, 0.2) is 47.6 Å². The summed E-state index contributed by atoms with van der Waals surface area (Å²) in [6.07, 6.45) is 3.49. The van der Waals surface area contributed by atoms with Crippen LogP contribution in [0.25, 0.3) is 6.08 Å². The molecule has 1 heterocycles. The summed E-state index contributed by atoms with van der Waals surface area (Å²) in [6, 6.07) is 7.57. The highest BCUT2D eigenvalue weighted by Crippen LogP contribution is 2.31. The third kappa shape index (κ3) is 4.02. The van der Waals surface area contributed by atoms with Crippen LogP contribution >= 0.6 is 23.5 Å². The van der Waals surface area contributed by atoms with Gasteiger partial charge in [0.15, 0.2) is 0 Å². The Morgan fingerprint density at radius 2 is 2.35 bits per heavy atom. The first-order valence-corrected chi connectivity index (χ1v) is 8.02. The van der Waals surface area contributed by atoms with Gasteiger partial charge in [0.25, 0.3) is 0 Å². The standard InChI is InChI=1S/C15H15NO2S2/c1-3-8-18-12-7-5-6-11(9-12)10-13-14(17)20-15(16-13)19-4-2/h3,5-7,9-10H,1,4,8H2,2H3. The molecule has 0 amide bonds. The normalized spacial score (nSPS) is 16.4. The summed E-state index contributed by atoms with van der Waals surface area (Å²) in [7, 11) is 0. The smallest absolute Gasteiger partial charge is 0.244 e. The molecule has 20 heavy (non-hydrogen) atoms. The Bertz CT molecular complexity index is 579. The molecule has 0 spiro atoms. The maximum atomic E-state index is 11.8. The Morgan fingerprint density at radius 3 is 3.10 bits per heavy atom.